The molecule has 2 heterocycles. The standard InChI is InChI=1S/C16H15ClN4O3S/c1-25(22,23)12-5-6-13(14(8-12)24-11-3-4-11)18-16-19-15-7-2-10(17)9-21(15)20-16/h2,5-9,11H,3-4H2,1H3,(H,18,20). The van der Waals surface area contributed by atoms with Crippen molar-refractivity contribution in [2.75, 3.05) is 11.6 Å². The molecule has 1 aliphatic rings. The van der Waals surface area contributed by atoms with Gasteiger partial charge in [0.15, 0.2) is 15.5 Å². The van der Waals surface area contributed by atoms with Crippen molar-refractivity contribution in [2.45, 2.75) is 23.8 Å². The fourth-order valence-electron chi connectivity index (χ4n) is 2.33. The maximum atomic E-state index is 11.8. The number of benzene rings is 1. The number of rotatable bonds is 5. The highest BCUT2D eigenvalue weighted by Crippen LogP contribution is 2.35. The van der Waals surface area contributed by atoms with E-state index < -0.39 is 9.84 Å². The van der Waals surface area contributed by atoms with Crippen LogP contribution in [0.2, 0.25) is 5.02 Å². The fraction of sp³-hybridized carbons (Fsp3) is 0.250. The molecule has 25 heavy (non-hydrogen) atoms. The molecule has 0 amide bonds. The Morgan fingerprint density at radius 1 is 1.28 bits per heavy atom. The van der Waals surface area contributed by atoms with Gasteiger partial charge in [0, 0.05) is 18.5 Å². The van der Waals surface area contributed by atoms with Crippen LogP contribution >= 0.6 is 11.6 Å². The van der Waals surface area contributed by atoms with E-state index in [0.717, 1.165) is 12.8 Å². The van der Waals surface area contributed by atoms with Gasteiger partial charge in [0.05, 0.1) is 21.7 Å². The monoisotopic (exact) mass is 378 g/mol. The van der Waals surface area contributed by atoms with Crippen molar-refractivity contribution in [2.24, 2.45) is 0 Å². The second-order valence-corrected chi connectivity index (χ2v) is 8.41. The Kier molecular flexibility index (Phi) is 3.81. The first-order valence-electron chi connectivity index (χ1n) is 7.68. The highest BCUT2D eigenvalue weighted by atomic mass is 35.5. The predicted octanol–water partition coefficient (Wildman–Crippen LogP) is 3.07. The van der Waals surface area contributed by atoms with Crippen LogP contribution in [-0.4, -0.2) is 35.4 Å². The lowest BCUT2D eigenvalue weighted by molar-refractivity contribution is 0.304. The summed E-state index contributed by atoms with van der Waals surface area (Å²) in [5.74, 6) is 0.845. The van der Waals surface area contributed by atoms with Gasteiger partial charge in [-0.2, -0.15) is 4.98 Å². The molecule has 0 bridgehead atoms. The molecule has 2 aromatic heterocycles. The molecular formula is C16H15ClN4O3S. The Hall–Kier alpha value is -2.32. The highest BCUT2D eigenvalue weighted by Gasteiger charge is 2.25. The SMILES string of the molecule is CS(=O)(=O)c1ccc(Nc2nc3ccc(Cl)cn3n2)c(OC2CC2)c1. The summed E-state index contributed by atoms with van der Waals surface area (Å²) in [5, 5.41) is 7.95. The summed E-state index contributed by atoms with van der Waals surface area (Å²) >= 11 is 5.95. The topological polar surface area (TPSA) is 85.6 Å². The summed E-state index contributed by atoms with van der Waals surface area (Å²) in [6, 6.07) is 8.21. The Balaban J connectivity index is 1.70. The molecule has 9 heteroatoms. The smallest absolute Gasteiger partial charge is 0.247 e. The molecule has 1 N–H and O–H groups in total. The van der Waals surface area contributed by atoms with Crippen molar-refractivity contribution in [1.29, 1.82) is 0 Å². The molecule has 130 valence electrons. The zero-order valence-electron chi connectivity index (χ0n) is 13.3. The van der Waals surface area contributed by atoms with Gasteiger partial charge >= 0.3 is 0 Å². The molecule has 3 aromatic rings. The summed E-state index contributed by atoms with van der Waals surface area (Å²) in [5.41, 5.74) is 1.26. The van der Waals surface area contributed by atoms with E-state index in [1.54, 1.807) is 28.9 Å². The number of hydrogen-bond acceptors (Lipinski definition) is 6. The third-order valence-corrected chi connectivity index (χ3v) is 5.07. The number of halogens is 1. The molecule has 1 fully saturated rings. The van der Waals surface area contributed by atoms with Crippen molar-refractivity contribution >= 4 is 38.7 Å². The van der Waals surface area contributed by atoms with Gasteiger partial charge in [0.1, 0.15) is 5.75 Å². The van der Waals surface area contributed by atoms with E-state index in [-0.39, 0.29) is 11.0 Å². The Bertz CT molecular complexity index is 1060. The second kappa shape index (κ2) is 5.89. The molecule has 7 nitrogen and oxygen atoms in total. The third kappa shape index (κ3) is 3.54. The van der Waals surface area contributed by atoms with Gasteiger partial charge in [-0.1, -0.05) is 11.6 Å². The van der Waals surface area contributed by atoms with E-state index >= 15 is 0 Å². The van der Waals surface area contributed by atoms with Crippen LogP contribution in [0.15, 0.2) is 41.4 Å². The minimum absolute atomic E-state index is 0.128. The minimum Gasteiger partial charge on any atom is -0.488 e. The number of fused-ring (bicyclic) bond motifs is 1. The zero-order chi connectivity index (χ0) is 17.6. The number of sulfone groups is 1. The number of aromatic nitrogens is 3. The molecular weight excluding hydrogens is 364 g/mol. The van der Waals surface area contributed by atoms with Gasteiger partial charge < -0.3 is 10.1 Å². The predicted molar refractivity (Wildman–Crippen MR) is 94.5 cm³/mol. The van der Waals surface area contributed by atoms with Crippen LogP contribution < -0.4 is 10.1 Å². The average Bonchev–Trinajstić information content (AvgIpc) is 3.26. The van der Waals surface area contributed by atoms with Crippen molar-refractivity contribution in [3.05, 3.63) is 41.6 Å². The number of anilines is 2. The summed E-state index contributed by atoms with van der Waals surface area (Å²) < 4.78 is 31.0. The first kappa shape index (κ1) is 16.2. The Morgan fingerprint density at radius 2 is 2.08 bits per heavy atom. The van der Waals surface area contributed by atoms with Gasteiger partial charge in [-0.3, -0.25) is 0 Å². The largest absolute Gasteiger partial charge is 0.488 e. The number of hydrogen-bond donors (Lipinski definition) is 1. The summed E-state index contributed by atoms with van der Waals surface area (Å²) in [6.45, 7) is 0. The van der Waals surface area contributed by atoms with Gasteiger partial charge in [0.25, 0.3) is 0 Å². The molecule has 1 aliphatic carbocycles. The molecule has 4 rings (SSSR count). The van der Waals surface area contributed by atoms with E-state index in [9.17, 15) is 8.42 Å². The fourth-order valence-corrected chi connectivity index (χ4v) is 3.12. The first-order chi connectivity index (χ1) is 11.9. The summed E-state index contributed by atoms with van der Waals surface area (Å²) in [7, 11) is -3.31. The van der Waals surface area contributed by atoms with Crippen LogP contribution in [0.25, 0.3) is 5.65 Å². The highest BCUT2D eigenvalue weighted by molar-refractivity contribution is 7.90. The van der Waals surface area contributed by atoms with Crippen LogP contribution in [0.3, 0.4) is 0 Å². The third-order valence-electron chi connectivity index (χ3n) is 3.74. The maximum Gasteiger partial charge on any atom is 0.247 e. The molecule has 0 saturated heterocycles. The van der Waals surface area contributed by atoms with Gasteiger partial charge in [-0.05, 0) is 37.1 Å². The van der Waals surface area contributed by atoms with Crippen molar-refractivity contribution in [1.82, 2.24) is 14.6 Å². The normalized spacial score (nSPS) is 14.6. The van der Waals surface area contributed by atoms with Crippen molar-refractivity contribution in [3.63, 3.8) is 0 Å². The number of nitrogens with zero attached hydrogens (tertiary/aromatic N) is 3. The number of ether oxygens (including phenoxy) is 1. The van der Waals surface area contributed by atoms with Crippen LogP contribution in [-0.2, 0) is 9.84 Å². The van der Waals surface area contributed by atoms with Gasteiger partial charge in [-0.15, -0.1) is 5.10 Å². The Labute approximate surface area is 149 Å². The molecule has 0 radical (unpaired) electrons. The molecule has 0 unspecified atom stereocenters. The van der Waals surface area contributed by atoms with Crippen LogP contribution in [0.5, 0.6) is 5.75 Å². The molecule has 1 aromatic carbocycles. The number of nitrogens with one attached hydrogen (secondary N) is 1. The average molecular weight is 379 g/mol. The lowest BCUT2D eigenvalue weighted by Gasteiger charge is -2.12. The Morgan fingerprint density at radius 3 is 2.80 bits per heavy atom. The van der Waals surface area contributed by atoms with Crippen LogP contribution in [0.4, 0.5) is 11.6 Å². The second-order valence-electron chi connectivity index (χ2n) is 5.96. The lowest BCUT2D eigenvalue weighted by Crippen LogP contribution is -2.04. The van der Waals surface area contributed by atoms with E-state index in [1.807, 2.05) is 0 Å². The lowest BCUT2D eigenvalue weighted by atomic mass is 10.3. The summed E-state index contributed by atoms with van der Waals surface area (Å²) in [6.07, 6.45) is 4.89. The van der Waals surface area contributed by atoms with Crippen molar-refractivity contribution in [3.8, 4) is 5.75 Å². The molecule has 0 aliphatic heterocycles. The molecule has 1 saturated carbocycles. The van der Waals surface area contributed by atoms with Crippen LogP contribution in [0, 0.1) is 0 Å². The quantitative estimate of drug-likeness (QED) is 0.734. The molecule has 0 atom stereocenters. The zero-order valence-corrected chi connectivity index (χ0v) is 14.9. The first-order valence-corrected chi connectivity index (χ1v) is 9.95. The van der Waals surface area contributed by atoms with Crippen molar-refractivity contribution < 1.29 is 13.2 Å². The maximum absolute atomic E-state index is 11.8. The van der Waals surface area contributed by atoms with Crippen LogP contribution in [0.1, 0.15) is 12.8 Å². The van der Waals surface area contributed by atoms with E-state index in [2.05, 4.69) is 15.4 Å². The van der Waals surface area contributed by atoms with E-state index in [1.165, 1.54) is 18.4 Å². The van der Waals surface area contributed by atoms with E-state index in [4.69, 9.17) is 16.3 Å². The van der Waals surface area contributed by atoms with Gasteiger partial charge in [-0.25, -0.2) is 12.9 Å². The summed E-state index contributed by atoms with van der Waals surface area (Å²) in [4.78, 5) is 4.58. The van der Waals surface area contributed by atoms with E-state index in [0.29, 0.717) is 28.1 Å². The molecule has 0 spiro atoms. The van der Waals surface area contributed by atoms with Gasteiger partial charge in [0.2, 0.25) is 5.95 Å². The number of pyridine rings is 1. The minimum atomic E-state index is -3.31.